The molecule has 2 aromatic rings. The van der Waals surface area contributed by atoms with Crippen LogP contribution in [-0.4, -0.2) is 16.8 Å². The van der Waals surface area contributed by atoms with Crippen LogP contribution < -0.4 is 11.5 Å². The van der Waals surface area contributed by atoms with Gasteiger partial charge in [0.1, 0.15) is 5.60 Å². The molecule has 18 heavy (non-hydrogen) atoms. The fourth-order valence-corrected chi connectivity index (χ4v) is 1.87. The molecule has 0 aliphatic carbocycles. The molecule has 4 nitrogen and oxygen atoms in total. The lowest BCUT2D eigenvalue weighted by Crippen LogP contribution is -2.31. The second-order valence-electron chi connectivity index (χ2n) is 4.26. The van der Waals surface area contributed by atoms with Crippen LogP contribution in [0, 0.1) is 0 Å². The van der Waals surface area contributed by atoms with Crippen LogP contribution in [0.2, 0.25) is 0 Å². The van der Waals surface area contributed by atoms with Crippen LogP contribution in [0.4, 0.5) is 11.4 Å². The summed E-state index contributed by atoms with van der Waals surface area (Å²) in [7, 11) is 0. The summed E-state index contributed by atoms with van der Waals surface area (Å²) in [5.74, 6) is 0. The Kier molecular flexibility index (Phi) is 3.23. The first-order chi connectivity index (χ1) is 8.56. The molecule has 0 unspecified atom stereocenters. The van der Waals surface area contributed by atoms with Crippen molar-refractivity contribution in [3.05, 3.63) is 59.7 Å². The van der Waals surface area contributed by atoms with Crippen molar-refractivity contribution in [2.24, 2.45) is 0 Å². The van der Waals surface area contributed by atoms with E-state index in [1.165, 1.54) is 0 Å². The second kappa shape index (κ2) is 4.68. The lowest BCUT2D eigenvalue weighted by atomic mass is 9.87. The highest BCUT2D eigenvalue weighted by Gasteiger charge is 2.30. The average molecular weight is 244 g/mol. The maximum atomic E-state index is 10.6. The van der Waals surface area contributed by atoms with Crippen molar-refractivity contribution < 1.29 is 10.2 Å². The van der Waals surface area contributed by atoms with Crippen LogP contribution >= 0.6 is 0 Å². The van der Waals surface area contributed by atoms with Crippen LogP contribution in [0.5, 0.6) is 0 Å². The third-order valence-electron chi connectivity index (χ3n) is 3.01. The van der Waals surface area contributed by atoms with Crippen molar-refractivity contribution in [3.63, 3.8) is 0 Å². The summed E-state index contributed by atoms with van der Waals surface area (Å²) < 4.78 is 0. The summed E-state index contributed by atoms with van der Waals surface area (Å²) in [5, 5.41) is 20.1. The van der Waals surface area contributed by atoms with Crippen molar-refractivity contribution in [2.45, 2.75) is 5.60 Å². The van der Waals surface area contributed by atoms with Gasteiger partial charge in [-0.15, -0.1) is 0 Å². The number of anilines is 2. The molecule has 2 aromatic carbocycles. The molecule has 94 valence electrons. The van der Waals surface area contributed by atoms with E-state index >= 15 is 0 Å². The Labute approximate surface area is 105 Å². The molecule has 0 atom stereocenters. The number of hydrogen-bond donors (Lipinski definition) is 4. The molecule has 2 rings (SSSR count). The lowest BCUT2D eigenvalue weighted by Gasteiger charge is -2.27. The first kappa shape index (κ1) is 12.4. The van der Waals surface area contributed by atoms with Crippen LogP contribution in [0.15, 0.2) is 48.5 Å². The topological polar surface area (TPSA) is 92.5 Å². The van der Waals surface area contributed by atoms with Gasteiger partial charge in [0, 0.05) is 11.4 Å². The molecule has 0 radical (unpaired) electrons. The number of rotatable bonds is 3. The maximum absolute atomic E-state index is 10.6. The van der Waals surface area contributed by atoms with Gasteiger partial charge in [-0.3, -0.25) is 0 Å². The van der Waals surface area contributed by atoms with E-state index in [9.17, 15) is 10.2 Å². The minimum atomic E-state index is -1.44. The van der Waals surface area contributed by atoms with Gasteiger partial charge in [0.15, 0.2) is 0 Å². The zero-order valence-electron chi connectivity index (χ0n) is 9.88. The van der Waals surface area contributed by atoms with Crippen molar-refractivity contribution in [1.29, 1.82) is 0 Å². The second-order valence-corrected chi connectivity index (χ2v) is 4.26. The minimum Gasteiger partial charge on any atom is -0.399 e. The van der Waals surface area contributed by atoms with Crippen molar-refractivity contribution in [3.8, 4) is 0 Å². The minimum absolute atomic E-state index is 0.416. The number of nitrogens with two attached hydrogens (primary N) is 2. The average Bonchev–Trinajstić information content (AvgIpc) is 2.39. The van der Waals surface area contributed by atoms with Crippen LogP contribution in [0.1, 0.15) is 11.1 Å². The predicted octanol–water partition coefficient (Wildman–Crippen LogP) is 1.08. The number of nitrogen functional groups attached to an aromatic ring is 2. The number of aliphatic hydroxyl groups is 2. The molecule has 4 heteroatoms. The Balaban J connectivity index is 2.47. The smallest absolute Gasteiger partial charge is 0.138 e. The third kappa shape index (κ3) is 2.16. The Hall–Kier alpha value is -2.04. The van der Waals surface area contributed by atoms with Gasteiger partial charge in [-0.25, -0.2) is 0 Å². The van der Waals surface area contributed by atoms with Crippen molar-refractivity contribution in [2.75, 3.05) is 18.1 Å². The molecule has 0 amide bonds. The molecular formula is C14H16N2O2. The molecule has 0 saturated carbocycles. The summed E-state index contributed by atoms with van der Waals surface area (Å²) in [4.78, 5) is 0. The quantitative estimate of drug-likeness (QED) is 0.608. The van der Waals surface area contributed by atoms with E-state index in [0.29, 0.717) is 22.5 Å². The van der Waals surface area contributed by atoms with Crippen LogP contribution in [0.3, 0.4) is 0 Å². The molecule has 0 bridgehead atoms. The van der Waals surface area contributed by atoms with E-state index in [0.717, 1.165) is 0 Å². The summed E-state index contributed by atoms with van der Waals surface area (Å²) in [6.07, 6.45) is 0. The van der Waals surface area contributed by atoms with Gasteiger partial charge >= 0.3 is 0 Å². The highest BCUT2D eigenvalue weighted by Crippen LogP contribution is 2.30. The Bertz CT molecular complexity index is 475. The Morgan fingerprint density at radius 3 is 1.39 bits per heavy atom. The molecule has 0 saturated heterocycles. The monoisotopic (exact) mass is 244 g/mol. The van der Waals surface area contributed by atoms with Gasteiger partial charge in [-0.1, -0.05) is 24.3 Å². The highest BCUT2D eigenvalue weighted by atomic mass is 16.3. The van der Waals surface area contributed by atoms with Crippen molar-refractivity contribution in [1.82, 2.24) is 0 Å². The Morgan fingerprint density at radius 2 is 1.11 bits per heavy atom. The van der Waals surface area contributed by atoms with E-state index < -0.39 is 12.2 Å². The molecular weight excluding hydrogens is 228 g/mol. The van der Waals surface area contributed by atoms with Crippen LogP contribution in [-0.2, 0) is 5.60 Å². The zero-order valence-corrected chi connectivity index (χ0v) is 9.88. The highest BCUT2D eigenvalue weighted by molar-refractivity contribution is 5.47. The molecule has 6 N–H and O–H groups in total. The summed E-state index contributed by atoms with van der Waals surface area (Å²) in [6, 6.07) is 13.5. The largest absolute Gasteiger partial charge is 0.399 e. The van der Waals surface area contributed by atoms with Gasteiger partial charge < -0.3 is 21.7 Å². The molecule has 0 aromatic heterocycles. The number of aliphatic hydroxyl groups excluding tert-OH is 1. The van der Waals surface area contributed by atoms with E-state index in [1.54, 1.807) is 48.5 Å². The lowest BCUT2D eigenvalue weighted by molar-refractivity contribution is 0.0173. The molecule has 0 aliphatic heterocycles. The summed E-state index contributed by atoms with van der Waals surface area (Å²) in [5.41, 5.74) is 12.2. The number of benzene rings is 2. The molecule has 0 heterocycles. The Morgan fingerprint density at radius 1 is 0.778 bits per heavy atom. The van der Waals surface area contributed by atoms with Gasteiger partial charge in [0.25, 0.3) is 0 Å². The van der Waals surface area contributed by atoms with Crippen molar-refractivity contribution >= 4 is 11.4 Å². The summed E-state index contributed by atoms with van der Waals surface area (Å²) >= 11 is 0. The first-order valence-corrected chi connectivity index (χ1v) is 5.61. The van der Waals surface area contributed by atoms with Gasteiger partial charge in [-0.05, 0) is 35.4 Å². The fourth-order valence-electron chi connectivity index (χ4n) is 1.87. The predicted molar refractivity (Wildman–Crippen MR) is 71.8 cm³/mol. The SMILES string of the molecule is Nc1ccc(C(O)(CO)c2ccc(N)cc2)cc1. The summed E-state index contributed by atoms with van der Waals surface area (Å²) in [6.45, 7) is -0.416. The van der Waals surface area contributed by atoms with Gasteiger partial charge in [-0.2, -0.15) is 0 Å². The van der Waals surface area contributed by atoms with E-state index in [2.05, 4.69) is 0 Å². The van der Waals surface area contributed by atoms with Gasteiger partial charge in [0.2, 0.25) is 0 Å². The fraction of sp³-hybridized carbons (Fsp3) is 0.143. The normalized spacial score (nSPS) is 11.4. The molecule has 0 fully saturated rings. The van der Waals surface area contributed by atoms with Gasteiger partial charge in [0.05, 0.1) is 6.61 Å². The number of hydrogen-bond acceptors (Lipinski definition) is 4. The first-order valence-electron chi connectivity index (χ1n) is 5.61. The van der Waals surface area contributed by atoms with E-state index in [1.807, 2.05) is 0 Å². The maximum Gasteiger partial charge on any atom is 0.138 e. The van der Waals surface area contributed by atoms with E-state index in [4.69, 9.17) is 11.5 Å². The van der Waals surface area contributed by atoms with E-state index in [-0.39, 0.29) is 0 Å². The third-order valence-corrected chi connectivity index (χ3v) is 3.01. The zero-order chi connectivity index (χ0) is 13.2. The van der Waals surface area contributed by atoms with Crippen LogP contribution in [0.25, 0.3) is 0 Å². The standard InChI is InChI=1S/C14H16N2O2/c15-12-5-1-10(2-6-12)14(18,9-17)11-3-7-13(16)8-4-11/h1-8,17-18H,9,15-16H2. The molecule has 0 aliphatic rings. The molecule has 0 spiro atoms.